The molecule has 2 fully saturated rings. The van der Waals surface area contributed by atoms with Crippen molar-refractivity contribution in [1.29, 1.82) is 5.26 Å². The smallest absolute Gasteiger partial charge is 0.331 e. The van der Waals surface area contributed by atoms with E-state index in [9.17, 15) is 19.2 Å². The normalized spacial score (nSPS) is 17.0. The Morgan fingerprint density at radius 3 is 2.65 bits per heavy atom. The van der Waals surface area contributed by atoms with Crippen molar-refractivity contribution in [1.82, 2.24) is 19.4 Å². The third-order valence-electron chi connectivity index (χ3n) is 7.50. The van der Waals surface area contributed by atoms with Gasteiger partial charge in [-0.2, -0.15) is 5.26 Å². The molecule has 1 N–H and O–H groups in total. The van der Waals surface area contributed by atoms with Crippen LogP contribution < -0.4 is 16.6 Å². The molecule has 0 radical (unpaired) electrons. The highest BCUT2D eigenvalue weighted by Crippen LogP contribution is 2.29. The van der Waals surface area contributed by atoms with Gasteiger partial charge < -0.3 is 15.0 Å². The topological polar surface area (TPSA) is 126 Å². The van der Waals surface area contributed by atoms with Gasteiger partial charge >= 0.3 is 5.69 Å². The predicted molar refractivity (Wildman–Crippen MR) is 149 cm³/mol. The minimum atomic E-state index is -0.374. The maximum Gasteiger partial charge on any atom is 0.331 e. The van der Waals surface area contributed by atoms with Gasteiger partial charge in [0.1, 0.15) is 6.07 Å². The lowest BCUT2D eigenvalue weighted by atomic mass is 10.1. The summed E-state index contributed by atoms with van der Waals surface area (Å²) < 4.78 is 8.52. The molecule has 2 aliphatic rings. The maximum atomic E-state index is 13.4. The van der Waals surface area contributed by atoms with Gasteiger partial charge in [-0.15, -0.1) is 0 Å². The Hall–Kier alpha value is -3.94. The second kappa shape index (κ2) is 11.7. The van der Waals surface area contributed by atoms with Crippen molar-refractivity contribution in [3.63, 3.8) is 0 Å². The number of aryl methyl sites for hydroxylation is 1. The fraction of sp³-hybridized carbons (Fsp3) is 0.414. The molecule has 0 spiro atoms. The summed E-state index contributed by atoms with van der Waals surface area (Å²) in [6.07, 6.45) is 2.11. The fourth-order valence-electron chi connectivity index (χ4n) is 5.09. The van der Waals surface area contributed by atoms with Gasteiger partial charge in [-0.3, -0.25) is 23.5 Å². The molecule has 1 aliphatic carbocycles. The zero-order valence-electron chi connectivity index (χ0n) is 22.2. The molecule has 1 saturated heterocycles. The molecule has 0 bridgehead atoms. The Bertz CT molecular complexity index is 1630. The van der Waals surface area contributed by atoms with Gasteiger partial charge in [0.15, 0.2) is 0 Å². The number of hydrogen-bond donors (Lipinski definition) is 1. The van der Waals surface area contributed by atoms with E-state index >= 15 is 0 Å². The second-order valence-corrected chi connectivity index (χ2v) is 10.7. The van der Waals surface area contributed by atoms with Crippen molar-refractivity contribution in [2.45, 2.75) is 45.3 Å². The molecular formula is C29H30ClN5O5. The number of morpholine rings is 1. The number of carbonyl (C=O) groups is 2. The summed E-state index contributed by atoms with van der Waals surface area (Å²) in [5, 5.41) is 12.5. The zero-order valence-corrected chi connectivity index (χ0v) is 22.9. The molecule has 2 heterocycles. The first-order chi connectivity index (χ1) is 19.3. The molecule has 3 aromatic rings. The van der Waals surface area contributed by atoms with Crippen LogP contribution >= 0.6 is 11.6 Å². The monoisotopic (exact) mass is 563 g/mol. The van der Waals surface area contributed by atoms with Crippen molar-refractivity contribution in [3.8, 4) is 6.07 Å². The van der Waals surface area contributed by atoms with E-state index in [-0.39, 0.29) is 59.3 Å². The van der Waals surface area contributed by atoms with Gasteiger partial charge in [-0.25, -0.2) is 4.79 Å². The molecule has 11 heteroatoms. The lowest BCUT2D eigenvalue weighted by molar-refractivity contribution is -0.138. The van der Waals surface area contributed by atoms with Gasteiger partial charge in [-0.05, 0) is 61.6 Å². The van der Waals surface area contributed by atoms with Crippen LogP contribution in [-0.4, -0.2) is 58.2 Å². The number of amides is 2. The molecule has 1 aliphatic heterocycles. The van der Waals surface area contributed by atoms with Crippen molar-refractivity contribution in [2.75, 3.05) is 26.3 Å². The maximum absolute atomic E-state index is 13.4. The number of fused-ring (bicyclic) bond motifs is 1. The van der Waals surface area contributed by atoms with E-state index in [1.165, 1.54) is 22.8 Å². The summed E-state index contributed by atoms with van der Waals surface area (Å²) >= 11 is 6.06. The van der Waals surface area contributed by atoms with Crippen LogP contribution in [0.15, 0.2) is 46.0 Å². The number of nitriles is 1. The van der Waals surface area contributed by atoms with Crippen molar-refractivity contribution >= 4 is 34.3 Å². The van der Waals surface area contributed by atoms with Crippen molar-refractivity contribution in [2.24, 2.45) is 5.92 Å². The number of benzene rings is 2. The number of ether oxygens (including phenoxy) is 1. The first kappa shape index (κ1) is 27.6. The molecular weight excluding hydrogens is 534 g/mol. The minimum Gasteiger partial charge on any atom is -0.377 e. The molecule has 2 amide bonds. The van der Waals surface area contributed by atoms with Crippen LogP contribution in [-0.2, 0) is 29.0 Å². The van der Waals surface area contributed by atoms with Gasteiger partial charge in [0.25, 0.3) is 11.5 Å². The number of rotatable bonds is 8. The second-order valence-electron chi connectivity index (χ2n) is 10.2. The van der Waals surface area contributed by atoms with Crippen LogP contribution in [0.2, 0.25) is 5.02 Å². The first-order valence-electron chi connectivity index (χ1n) is 13.4. The van der Waals surface area contributed by atoms with Crippen LogP contribution in [0.3, 0.4) is 0 Å². The Labute approximate surface area is 235 Å². The largest absolute Gasteiger partial charge is 0.377 e. The Morgan fingerprint density at radius 2 is 1.95 bits per heavy atom. The van der Waals surface area contributed by atoms with E-state index in [0.29, 0.717) is 54.2 Å². The SMILES string of the molecule is CCn1c(=O)n(CC2CC2)c(=O)c2cc(CC(=O)N3CCOCC3CNC(=O)c3ccc(C#N)c(Cl)c3)ccc21. The summed E-state index contributed by atoms with van der Waals surface area (Å²) in [5.74, 6) is -0.153. The highest BCUT2D eigenvalue weighted by molar-refractivity contribution is 6.32. The molecule has 40 heavy (non-hydrogen) atoms. The third kappa shape index (κ3) is 5.67. The van der Waals surface area contributed by atoms with Crippen LogP contribution in [0.25, 0.3) is 10.9 Å². The molecule has 208 valence electrons. The van der Waals surface area contributed by atoms with Gasteiger partial charge in [0.05, 0.1) is 47.2 Å². The Morgan fingerprint density at radius 1 is 1.15 bits per heavy atom. The van der Waals surface area contributed by atoms with E-state index < -0.39 is 0 Å². The number of carbonyl (C=O) groups excluding carboxylic acids is 2. The average molecular weight is 564 g/mol. The minimum absolute atomic E-state index is 0.0684. The number of hydrogen-bond acceptors (Lipinski definition) is 6. The van der Waals surface area contributed by atoms with Crippen LogP contribution in [0.1, 0.15) is 41.3 Å². The van der Waals surface area contributed by atoms with E-state index in [0.717, 1.165) is 12.8 Å². The van der Waals surface area contributed by atoms with E-state index in [1.54, 1.807) is 27.7 Å². The molecule has 1 aromatic heterocycles. The quantitative estimate of drug-likeness (QED) is 0.448. The lowest BCUT2D eigenvalue weighted by Gasteiger charge is -2.36. The summed E-state index contributed by atoms with van der Waals surface area (Å²) in [7, 11) is 0. The number of aromatic nitrogens is 2. The first-order valence-corrected chi connectivity index (χ1v) is 13.8. The zero-order chi connectivity index (χ0) is 28.4. The standard InChI is InChI=1S/C29H30ClN5O5/c1-2-33-25-8-5-19(11-23(25)28(38)35(29(33)39)16-18-3-4-18)12-26(36)34-9-10-40-17-22(34)15-32-27(37)20-6-7-21(14-31)24(30)13-20/h5-8,11,13,18,22H,2-4,9-10,12,15-17H2,1H3,(H,32,37). The molecule has 2 aromatic carbocycles. The molecule has 1 atom stereocenters. The average Bonchev–Trinajstić information content (AvgIpc) is 3.79. The van der Waals surface area contributed by atoms with Crippen molar-refractivity contribution in [3.05, 3.63) is 78.9 Å². The highest BCUT2D eigenvalue weighted by atomic mass is 35.5. The third-order valence-corrected chi connectivity index (χ3v) is 7.81. The lowest BCUT2D eigenvalue weighted by Crippen LogP contribution is -2.54. The summed E-state index contributed by atoms with van der Waals surface area (Å²) in [6.45, 7) is 3.94. The van der Waals surface area contributed by atoms with Crippen LogP contribution in [0.5, 0.6) is 0 Å². The summed E-state index contributed by atoms with van der Waals surface area (Å²) in [6, 6.07) is 11.3. The highest BCUT2D eigenvalue weighted by Gasteiger charge is 2.28. The van der Waals surface area contributed by atoms with Crippen LogP contribution in [0.4, 0.5) is 0 Å². The van der Waals surface area contributed by atoms with Gasteiger partial charge in [0, 0.05) is 31.7 Å². The van der Waals surface area contributed by atoms with Crippen molar-refractivity contribution < 1.29 is 14.3 Å². The summed E-state index contributed by atoms with van der Waals surface area (Å²) in [5.41, 5.74) is 1.22. The van der Waals surface area contributed by atoms with E-state index in [2.05, 4.69) is 5.32 Å². The van der Waals surface area contributed by atoms with Gasteiger partial charge in [0.2, 0.25) is 5.91 Å². The number of halogens is 1. The van der Waals surface area contributed by atoms with Crippen LogP contribution in [0, 0.1) is 17.2 Å². The fourth-order valence-corrected chi connectivity index (χ4v) is 5.32. The molecule has 1 saturated carbocycles. The van der Waals surface area contributed by atoms with E-state index in [4.69, 9.17) is 21.6 Å². The summed E-state index contributed by atoms with van der Waals surface area (Å²) in [4.78, 5) is 54.0. The predicted octanol–water partition coefficient (Wildman–Crippen LogP) is 2.32. The Kier molecular flexibility index (Phi) is 8.05. The van der Waals surface area contributed by atoms with E-state index in [1.807, 2.05) is 13.0 Å². The van der Waals surface area contributed by atoms with Gasteiger partial charge in [-0.1, -0.05) is 17.7 Å². The number of nitrogens with one attached hydrogen (secondary N) is 1. The molecule has 5 rings (SSSR count). The Balaban J connectivity index is 1.32. The molecule has 10 nitrogen and oxygen atoms in total. The number of nitrogens with zero attached hydrogens (tertiary/aromatic N) is 4. The molecule has 1 unspecified atom stereocenters.